The predicted molar refractivity (Wildman–Crippen MR) is 191 cm³/mol. The van der Waals surface area contributed by atoms with Gasteiger partial charge in [0.15, 0.2) is 6.04 Å². The van der Waals surface area contributed by atoms with Crippen LogP contribution in [0.4, 0.5) is 0 Å². The number of hydroxylamine groups is 2. The van der Waals surface area contributed by atoms with Crippen molar-refractivity contribution >= 4 is 40.4 Å². The Morgan fingerprint density at radius 2 is 1.55 bits per heavy atom. The number of benzene rings is 4. The molecule has 4 aromatic rings. The van der Waals surface area contributed by atoms with E-state index in [0.29, 0.717) is 11.1 Å². The van der Waals surface area contributed by atoms with E-state index >= 15 is 0 Å². The monoisotopic (exact) mass is 801 g/mol. The van der Waals surface area contributed by atoms with E-state index in [1.807, 2.05) is 91.0 Å². The molecule has 51 heavy (non-hydrogen) atoms. The standard InChI is InChI=1S/C39H36IN3O8/c40-29-17-8-7-11-26(29)23-43-33-36(46)48-30-21-38(33,37(47)42-22-24-10-9-12-25(20-24)35(45)41-18-19-44)34(51-43)32-31(30)49-39(50-32,27-13-3-1-4-14-27)28-15-5-2-6-16-28/h1-17,20,30-34,44H,18-19,21-23H2,(H,41,45)(H,42,47). The number of amides is 2. The number of carbonyl (C=O) groups is 3. The Morgan fingerprint density at radius 1 is 0.863 bits per heavy atom. The zero-order valence-corrected chi connectivity index (χ0v) is 29.6. The van der Waals surface area contributed by atoms with Gasteiger partial charge >= 0.3 is 5.97 Å². The van der Waals surface area contributed by atoms with E-state index in [2.05, 4.69) is 33.2 Å². The van der Waals surface area contributed by atoms with Gasteiger partial charge < -0.3 is 30.0 Å². The minimum atomic E-state index is -1.38. The normalized spacial score (nSPS) is 27.3. The summed E-state index contributed by atoms with van der Waals surface area (Å²) in [4.78, 5) is 48.3. The van der Waals surface area contributed by atoms with E-state index in [1.165, 1.54) is 0 Å². The summed E-state index contributed by atoms with van der Waals surface area (Å²) in [6.07, 6.45) is -3.04. The van der Waals surface area contributed by atoms with Gasteiger partial charge in [0.25, 0.3) is 5.91 Å². The summed E-state index contributed by atoms with van der Waals surface area (Å²) in [5.41, 5.74) is 2.16. The second-order valence-electron chi connectivity index (χ2n) is 13.2. The number of aliphatic hydroxyl groups is 1. The summed E-state index contributed by atoms with van der Waals surface area (Å²) >= 11 is 2.25. The van der Waals surface area contributed by atoms with Gasteiger partial charge in [-0.3, -0.25) is 19.2 Å². The molecule has 262 valence electrons. The van der Waals surface area contributed by atoms with E-state index in [0.717, 1.165) is 20.3 Å². The van der Waals surface area contributed by atoms with Crippen molar-refractivity contribution in [3.8, 4) is 0 Å². The first-order valence-corrected chi connectivity index (χ1v) is 18.0. The van der Waals surface area contributed by atoms with Crippen molar-refractivity contribution in [3.63, 3.8) is 0 Å². The van der Waals surface area contributed by atoms with Crippen molar-refractivity contribution in [2.24, 2.45) is 5.41 Å². The molecule has 3 N–H and O–H groups in total. The minimum Gasteiger partial charge on any atom is -0.458 e. The molecule has 0 radical (unpaired) electrons. The Hall–Kier alpha value is -4.18. The molecule has 0 aromatic heterocycles. The maximum atomic E-state index is 14.8. The largest absolute Gasteiger partial charge is 0.458 e. The van der Waals surface area contributed by atoms with Crippen LogP contribution in [0.3, 0.4) is 0 Å². The highest BCUT2D eigenvalue weighted by molar-refractivity contribution is 14.1. The van der Waals surface area contributed by atoms with E-state index in [-0.39, 0.29) is 44.5 Å². The van der Waals surface area contributed by atoms with Crippen molar-refractivity contribution < 1.29 is 38.5 Å². The lowest BCUT2D eigenvalue weighted by Crippen LogP contribution is -2.69. The summed E-state index contributed by atoms with van der Waals surface area (Å²) in [6.45, 7) is 0.290. The zero-order valence-electron chi connectivity index (χ0n) is 27.4. The smallest absolute Gasteiger partial charge is 0.327 e. The topological polar surface area (TPSA) is 136 Å². The molecule has 3 aliphatic heterocycles. The van der Waals surface area contributed by atoms with Gasteiger partial charge in [0, 0.05) is 39.8 Å². The van der Waals surface area contributed by atoms with Gasteiger partial charge in [0.05, 0.1) is 13.2 Å². The number of nitrogens with zero attached hydrogens (tertiary/aromatic N) is 1. The van der Waals surface area contributed by atoms with Crippen LogP contribution in [0.5, 0.6) is 0 Å². The minimum absolute atomic E-state index is 0.0981. The fraction of sp³-hybridized carbons (Fsp3) is 0.308. The highest BCUT2D eigenvalue weighted by atomic mass is 127. The quantitative estimate of drug-likeness (QED) is 0.162. The molecule has 3 heterocycles. The zero-order chi connectivity index (χ0) is 35.2. The van der Waals surface area contributed by atoms with Gasteiger partial charge in [-0.15, -0.1) is 0 Å². The molecule has 6 atom stereocenters. The van der Waals surface area contributed by atoms with E-state index < -0.39 is 47.6 Å². The number of rotatable bonds is 10. The first kappa shape index (κ1) is 33.9. The van der Waals surface area contributed by atoms with Crippen molar-refractivity contribution in [2.75, 3.05) is 13.2 Å². The van der Waals surface area contributed by atoms with Crippen LogP contribution in [0, 0.1) is 8.99 Å². The third kappa shape index (κ3) is 5.83. The highest BCUT2D eigenvalue weighted by Crippen LogP contribution is 2.59. The average molecular weight is 802 g/mol. The number of nitrogens with one attached hydrogen (secondary N) is 2. The number of hydrogen-bond donors (Lipinski definition) is 3. The summed E-state index contributed by atoms with van der Waals surface area (Å²) in [7, 11) is 0. The number of ether oxygens (including phenoxy) is 3. The van der Waals surface area contributed by atoms with Crippen LogP contribution in [0.15, 0.2) is 109 Å². The second kappa shape index (κ2) is 13.7. The maximum absolute atomic E-state index is 14.8. The van der Waals surface area contributed by atoms with Crippen LogP contribution < -0.4 is 10.6 Å². The average Bonchev–Trinajstić information content (AvgIpc) is 3.74. The van der Waals surface area contributed by atoms with Crippen molar-refractivity contribution in [2.45, 2.75) is 55.8 Å². The van der Waals surface area contributed by atoms with Crippen LogP contribution in [0.2, 0.25) is 0 Å². The molecule has 1 aliphatic carbocycles. The molecule has 11 nitrogen and oxygen atoms in total. The van der Waals surface area contributed by atoms with Crippen LogP contribution in [0.25, 0.3) is 0 Å². The molecule has 0 spiro atoms. The van der Waals surface area contributed by atoms with E-state index in [9.17, 15) is 14.4 Å². The Kier molecular flexibility index (Phi) is 9.15. The summed E-state index contributed by atoms with van der Waals surface area (Å²) in [5.74, 6) is -2.62. The summed E-state index contributed by atoms with van der Waals surface area (Å²) in [5, 5.41) is 16.4. The Labute approximate surface area is 308 Å². The summed E-state index contributed by atoms with van der Waals surface area (Å²) in [6, 6.07) is 32.9. The van der Waals surface area contributed by atoms with Gasteiger partial charge in [0.2, 0.25) is 11.7 Å². The molecular weight excluding hydrogens is 765 g/mol. The fourth-order valence-corrected chi connectivity index (χ4v) is 8.48. The van der Waals surface area contributed by atoms with Crippen LogP contribution in [-0.4, -0.2) is 71.6 Å². The number of halogens is 1. The van der Waals surface area contributed by atoms with Crippen LogP contribution >= 0.6 is 22.6 Å². The molecule has 2 amide bonds. The van der Waals surface area contributed by atoms with Crippen LogP contribution in [-0.2, 0) is 47.5 Å². The van der Waals surface area contributed by atoms with E-state index in [4.69, 9.17) is 24.2 Å². The number of aliphatic hydroxyl groups excluding tert-OH is 1. The molecular formula is C39H36IN3O8. The maximum Gasteiger partial charge on any atom is 0.327 e. The van der Waals surface area contributed by atoms with Crippen molar-refractivity contribution in [3.05, 3.63) is 141 Å². The predicted octanol–water partition coefficient (Wildman–Crippen LogP) is 3.81. The van der Waals surface area contributed by atoms with Gasteiger partial charge in [-0.05, 0) is 51.9 Å². The molecule has 12 heteroatoms. The number of hydrogen-bond acceptors (Lipinski definition) is 9. The molecule has 2 bridgehead atoms. The Balaban J connectivity index is 1.17. The Morgan fingerprint density at radius 3 is 2.25 bits per heavy atom. The Bertz CT molecular complexity index is 1910. The molecule has 4 aromatic carbocycles. The number of fused-ring (bicyclic) bond motifs is 4. The van der Waals surface area contributed by atoms with Gasteiger partial charge in [0.1, 0.15) is 29.8 Å². The number of carbonyl (C=O) groups excluding carboxylic acids is 3. The van der Waals surface area contributed by atoms with Crippen LogP contribution in [0.1, 0.15) is 39.0 Å². The molecule has 6 unspecified atom stereocenters. The number of esters is 1. The lowest BCUT2D eigenvalue weighted by molar-refractivity contribution is -0.213. The lowest BCUT2D eigenvalue weighted by atomic mass is 9.62. The summed E-state index contributed by atoms with van der Waals surface area (Å²) < 4.78 is 21.1. The van der Waals surface area contributed by atoms with Crippen molar-refractivity contribution in [1.82, 2.24) is 15.7 Å². The third-order valence-corrected chi connectivity index (χ3v) is 11.3. The molecule has 4 fully saturated rings. The second-order valence-corrected chi connectivity index (χ2v) is 14.4. The fourth-order valence-electron chi connectivity index (χ4n) is 7.92. The highest BCUT2D eigenvalue weighted by Gasteiger charge is 2.76. The molecule has 8 rings (SSSR count). The SMILES string of the molecule is O=C(NCCO)c1cccc(CNC(=O)C23CC4OC(=O)C2N(Cc2ccccc2I)OC3C2OC(c3ccccc3)(c3ccccc3)OC42)c1. The molecule has 4 aliphatic rings. The lowest BCUT2D eigenvalue weighted by Gasteiger charge is -2.48. The van der Waals surface area contributed by atoms with Gasteiger partial charge in [-0.25, -0.2) is 0 Å². The third-order valence-electron chi connectivity index (χ3n) is 10.2. The van der Waals surface area contributed by atoms with Gasteiger partial charge in [-0.2, -0.15) is 5.06 Å². The first-order chi connectivity index (χ1) is 24.8. The van der Waals surface area contributed by atoms with E-state index in [1.54, 1.807) is 23.3 Å². The van der Waals surface area contributed by atoms with Crippen molar-refractivity contribution in [1.29, 1.82) is 0 Å². The molecule has 1 saturated carbocycles. The first-order valence-electron chi connectivity index (χ1n) is 16.9. The molecule has 3 saturated heterocycles. The van der Waals surface area contributed by atoms with Gasteiger partial charge in [-0.1, -0.05) is 91.0 Å².